The average Bonchev–Trinajstić information content (AvgIpc) is 3.25. The number of hydrogen-bond donors (Lipinski definition) is 1. The predicted molar refractivity (Wildman–Crippen MR) is 114 cm³/mol. The van der Waals surface area contributed by atoms with Gasteiger partial charge in [0.25, 0.3) is 0 Å². The van der Waals surface area contributed by atoms with E-state index in [0.29, 0.717) is 0 Å². The van der Waals surface area contributed by atoms with Gasteiger partial charge in [-0.05, 0) is 35.4 Å². The minimum Gasteiger partial charge on any atom is -0.354 e. The summed E-state index contributed by atoms with van der Waals surface area (Å²) in [6, 6.07) is 30.5. The molecule has 0 bridgehead atoms. The Hall–Kier alpha value is -3.10. The topological polar surface area (TPSA) is 15.8 Å². The van der Waals surface area contributed by atoms with Crippen LogP contribution in [0.4, 0.5) is 0 Å². The summed E-state index contributed by atoms with van der Waals surface area (Å²) in [4.78, 5) is 3.64. The van der Waals surface area contributed by atoms with E-state index < -0.39 is 0 Å². The minimum atomic E-state index is 1.20. The lowest BCUT2D eigenvalue weighted by atomic mass is 10.0. The van der Waals surface area contributed by atoms with Gasteiger partial charge < -0.3 is 4.98 Å². The van der Waals surface area contributed by atoms with E-state index in [1.165, 1.54) is 53.1 Å². The van der Waals surface area contributed by atoms with E-state index in [4.69, 9.17) is 0 Å². The van der Waals surface area contributed by atoms with Crippen LogP contribution in [0.25, 0.3) is 53.1 Å². The summed E-state index contributed by atoms with van der Waals surface area (Å²) in [6.45, 7) is 0. The fraction of sp³-hybridized carbons (Fsp3) is 0. The number of aromatic amines is 1. The molecule has 2 heterocycles. The molecular formula is C24H15NS. The number of H-pyrrole nitrogens is 1. The Morgan fingerprint density at radius 2 is 1.38 bits per heavy atom. The van der Waals surface area contributed by atoms with Crippen molar-refractivity contribution < 1.29 is 0 Å². The smallest absolute Gasteiger partial charge is 0.0472 e. The molecule has 0 aliphatic heterocycles. The number of rotatable bonds is 1. The number of nitrogens with one attached hydrogen (secondary N) is 1. The van der Waals surface area contributed by atoms with Crippen molar-refractivity contribution in [1.82, 2.24) is 4.98 Å². The lowest BCUT2D eigenvalue weighted by molar-refractivity contribution is 1.55. The van der Waals surface area contributed by atoms with Crippen LogP contribution in [0.5, 0.6) is 0 Å². The third-order valence-electron chi connectivity index (χ3n) is 5.21. The maximum absolute atomic E-state index is 3.64. The van der Waals surface area contributed by atoms with Gasteiger partial charge in [-0.25, -0.2) is 0 Å². The molecule has 2 aromatic heterocycles. The van der Waals surface area contributed by atoms with Crippen molar-refractivity contribution in [3.63, 3.8) is 0 Å². The molecule has 0 unspecified atom stereocenters. The van der Waals surface area contributed by atoms with Gasteiger partial charge in [-0.3, -0.25) is 0 Å². The summed E-state index contributed by atoms with van der Waals surface area (Å²) in [5.41, 5.74) is 4.90. The van der Waals surface area contributed by atoms with Gasteiger partial charge in [-0.2, -0.15) is 0 Å². The first-order chi connectivity index (χ1) is 12.9. The van der Waals surface area contributed by atoms with Gasteiger partial charge in [-0.15, -0.1) is 11.3 Å². The molecule has 0 aliphatic rings. The fourth-order valence-electron chi connectivity index (χ4n) is 4.02. The number of benzene rings is 4. The van der Waals surface area contributed by atoms with Gasteiger partial charge in [0.1, 0.15) is 0 Å². The molecule has 0 saturated heterocycles. The molecule has 1 N–H and O–H groups in total. The zero-order chi connectivity index (χ0) is 17.1. The molecule has 26 heavy (non-hydrogen) atoms. The van der Waals surface area contributed by atoms with Crippen LogP contribution in [0.15, 0.2) is 84.9 Å². The first-order valence-corrected chi connectivity index (χ1v) is 9.61. The SMILES string of the molecule is c1ccc(-c2ccc3c(c2)[nH]c2ccc4sc5ccccc5c4c23)cc1. The van der Waals surface area contributed by atoms with Crippen molar-refractivity contribution in [3.05, 3.63) is 84.9 Å². The molecule has 6 aromatic rings. The quantitative estimate of drug-likeness (QED) is 0.319. The molecule has 4 aromatic carbocycles. The van der Waals surface area contributed by atoms with Gasteiger partial charge in [-0.1, -0.05) is 60.7 Å². The molecule has 122 valence electrons. The summed E-state index contributed by atoms with van der Waals surface area (Å²) in [7, 11) is 0. The molecule has 0 atom stereocenters. The lowest BCUT2D eigenvalue weighted by Crippen LogP contribution is -1.77. The molecule has 0 amide bonds. The normalized spacial score (nSPS) is 11.8. The highest BCUT2D eigenvalue weighted by molar-refractivity contribution is 7.26. The van der Waals surface area contributed by atoms with Crippen LogP contribution >= 0.6 is 11.3 Å². The Morgan fingerprint density at radius 1 is 0.538 bits per heavy atom. The van der Waals surface area contributed by atoms with Crippen LogP contribution in [0.1, 0.15) is 0 Å². The van der Waals surface area contributed by atoms with E-state index in [2.05, 4.69) is 89.9 Å². The van der Waals surface area contributed by atoms with Gasteiger partial charge >= 0.3 is 0 Å². The summed E-state index contributed by atoms with van der Waals surface area (Å²) in [5.74, 6) is 0. The number of fused-ring (bicyclic) bond motifs is 7. The van der Waals surface area contributed by atoms with Crippen LogP contribution in [0.3, 0.4) is 0 Å². The highest BCUT2D eigenvalue weighted by Crippen LogP contribution is 2.41. The van der Waals surface area contributed by atoms with Crippen LogP contribution < -0.4 is 0 Å². The maximum Gasteiger partial charge on any atom is 0.0472 e. The van der Waals surface area contributed by atoms with Crippen molar-refractivity contribution in [2.45, 2.75) is 0 Å². The fourth-order valence-corrected chi connectivity index (χ4v) is 5.14. The molecule has 0 fully saturated rings. The van der Waals surface area contributed by atoms with E-state index in [9.17, 15) is 0 Å². The minimum absolute atomic E-state index is 1.20. The second kappa shape index (κ2) is 5.20. The van der Waals surface area contributed by atoms with Crippen LogP contribution in [0.2, 0.25) is 0 Å². The number of thiophene rings is 1. The molecular weight excluding hydrogens is 334 g/mol. The van der Waals surface area contributed by atoms with E-state index >= 15 is 0 Å². The molecule has 6 rings (SSSR count). The number of aromatic nitrogens is 1. The molecule has 1 nitrogen and oxygen atoms in total. The monoisotopic (exact) mass is 349 g/mol. The average molecular weight is 349 g/mol. The van der Waals surface area contributed by atoms with E-state index in [1.54, 1.807) is 0 Å². The zero-order valence-electron chi connectivity index (χ0n) is 14.0. The van der Waals surface area contributed by atoms with Gasteiger partial charge in [0.15, 0.2) is 0 Å². The van der Waals surface area contributed by atoms with Crippen LogP contribution in [-0.4, -0.2) is 4.98 Å². The van der Waals surface area contributed by atoms with E-state index in [0.717, 1.165) is 0 Å². The standard InChI is InChI=1S/C24H15NS/c1-2-6-15(7-3-1)16-10-11-17-20(14-16)25-19-12-13-22-24(23(17)19)18-8-4-5-9-21(18)26-22/h1-14,25H. The molecule has 0 spiro atoms. The van der Waals surface area contributed by atoms with Crippen LogP contribution in [0, 0.1) is 0 Å². The highest BCUT2D eigenvalue weighted by Gasteiger charge is 2.13. The van der Waals surface area contributed by atoms with E-state index in [1.807, 2.05) is 11.3 Å². The second-order valence-corrected chi connectivity index (χ2v) is 7.79. The largest absolute Gasteiger partial charge is 0.354 e. The third kappa shape index (κ3) is 1.91. The van der Waals surface area contributed by atoms with Gasteiger partial charge in [0.05, 0.1) is 0 Å². The van der Waals surface area contributed by atoms with Crippen molar-refractivity contribution >= 4 is 53.3 Å². The van der Waals surface area contributed by atoms with Crippen molar-refractivity contribution in [3.8, 4) is 11.1 Å². The first kappa shape index (κ1) is 14.1. The Labute approximate surface area is 154 Å². The molecule has 0 radical (unpaired) electrons. The summed E-state index contributed by atoms with van der Waals surface area (Å²) < 4.78 is 2.71. The Morgan fingerprint density at radius 3 is 2.31 bits per heavy atom. The number of hydrogen-bond acceptors (Lipinski definition) is 1. The Bertz CT molecular complexity index is 1420. The molecule has 0 aliphatic carbocycles. The zero-order valence-corrected chi connectivity index (χ0v) is 14.8. The molecule has 2 heteroatoms. The first-order valence-electron chi connectivity index (χ1n) is 8.79. The highest BCUT2D eigenvalue weighted by atomic mass is 32.1. The van der Waals surface area contributed by atoms with E-state index in [-0.39, 0.29) is 0 Å². The summed E-state index contributed by atoms with van der Waals surface area (Å²) in [6.07, 6.45) is 0. The summed E-state index contributed by atoms with van der Waals surface area (Å²) in [5, 5.41) is 5.37. The van der Waals surface area contributed by atoms with Gasteiger partial charge in [0.2, 0.25) is 0 Å². The molecule has 0 saturated carbocycles. The third-order valence-corrected chi connectivity index (χ3v) is 6.34. The van der Waals surface area contributed by atoms with Crippen molar-refractivity contribution in [2.24, 2.45) is 0 Å². The summed E-state index contributed by atoms with van der Waals surface area (Å²) >= 11 is 1.87. The Kier molecular flexibility index (Phi) is 2.82. The van der Waals surface area contributed by atoms with Crippen LogP contribution in [-0.2, 0) is 0 Å². The van der Waals surface area contributed by atoms with Crippen molar-refractivity contribution in [2.75, 3.05) is 0 Å². The van der Waals surface area contributed by atoms with Gasteiger partial charge in [0, 0.05) is 42.0 Å². The Balaban J connectivity index is 1.73. The maximum atomic E-state index is 3.64. The second-order valence-electron chi connectivity index (χ2n) is 6.71. The van der Waals surface area contributed by atoms with Crippen molar-refractivity contribution in [1.29, 1.82) is 0 Å². The predicted octanol–water partition coefficient (Wildman–Crippen LogP) is 7.36. The lowest BCUT2D eigenvalue weighted by Gasteiger charge is -2.02.